The van der Waals surface area contributed by atoms with Gasteiger partial charge >= 0.3 is 0 Å². The van der Waals surface area contributed by atoms with Crippen LogP contribution in [0.15, 0.2) is 0 Å². The smallest absolute Gasteiger partial charge is 0.220 e. The summed E-state index contributed by atoms with van der Waals surface area (Å²) >= 11 is 0. The zero-order valence-electron chi connectivity index (χ0n) is 12.0. The molecule has 1 aliphatic heterocycles. The first kappa shape index (κ1) is 15.4. The first-order chi connectivity index (χ1) is 8.43. The molecule has 1 saturated heterocycles. The van der Waals surface area contributed by atoms with Crippen molar-refractivity contribution >= 4 is 5.91 Å². The lowest BCUT2D eigenvalue weighted by atomic mass is 9.84. The molecular formula is C14H28N2O2. The molecule has 2 atom stereocenters. The molecule has 0 bridgehead atoms. The summed E-state index contributed by atoms with van der Waals surface area (Å²) in [5, 5.41) is 3.11. The summed E-state index contributed by atoms with van der Waals surface area (Å²) in [7, 11) is 0. The molecule has 0 radical (unpaired) electrons. The van der Waals surface area contributed by atoms with Gasteiger partial charge in [0.15, 0.2) is 0 Å². The number of carbonyl (C=O) groups is 1. The van der Waals surface area contributed by atoms with Gasteiger partial charge in [0.05, 0.1) is 6.10 Å². The Balaban J connectivity index is 2.24. The molecule has 4 heteroatoms. The van der Waals surface area contributed by atoms with Crippen molar-refractivity contribution in [2.75, 3.05) is 13.2 Å². The third-order valence-corrected chi connectivity index (χ3v) is 3.70. The quantitative estimate of drug-likeness (QED) is 0.762. The maximum Gasteiger partial charge on any atom is 0.220 e. The van der Waals surface area contributed by atoms with E-state index in [0.717, 1.165) is 32.3 Å². The van der Waals surface area contributed by atoms with Gasteiger partial charge in [-0.05, 0) is 44.6 Å². The Morgan fingerprint density at radius 1 is 1.44 bits per heavy atom. The molecule has 3 N–H and O–H groups in total. The Morgan fingerprint density at radius 2 is 2.17 bits per heavy atom. The van der Waals surface area contributed by atoms with E-state index < -0.39 is 0 Å². The largest absolute Gasteiger partial charge is 0.378 e. The van der Waals surface area contributed by atoms with Crippen molar-refractivity contribution in [3.05, 3.63) is 0 Å². The molecule has 0 aromatic rings. The van der Waals surface area contributed by atoms with Gasteiger partial charge in [0.1, 0.15) is 0 Å². The third kappa shape index (κ3) is 5.83. The van der Waals surface area contributed by atoms with E-state index in [4.69, 9.17) is 10.5 Å². The highest BCUT2D eigenvalue weighted by atomic mass is 16.5. The SMILES string of the molecule is CC1CC(NC(=O)CCC(C)(C)CCN)CCO1. The number of hydrogen-bond donors (Lipinski definition) is 2. The minimum Gasteiger partial charge on any atom is -0.378 e. The fourth-order valence-electron chi connectivity index (χ4n) is 2.40. The standard InChI is InChI=1S/C14H28N2O2/c1-11-10-12(5-9-18-11)16-13(17)4-6-14(2,3)7-8-15/h11-12H,4-10,15H2,1-3H3,(H,16,17). The molecule has 0 aromatic heterocycles. The van der Waals surface area contributed by atoms with Crippen LogP contribution in [0.3, 0.4) is 0 Å². The molecular weight excluding hydrogens is 228 g/mol. The topological polar surface area (TPSA) is 64.4 Å². The summed E-state index contributed by atoms with van der Waals surface area (Å²) in [4.78, 5) is 11.9. The maximum atomic E-state index is 11.9. The molecule has 18 heavy (non-hydrogen) atoms. The minimum atomic E-state index is 0.162. The fourth-order valence-corrected chi connectivity index (χ4v) is 2.40. The lowest BCUT2D eigenvalue weighted by Crippen LogP contribution is -2.41. The zero-order valence-corrected chi connectivity index (χ0v) is 12.0. The normalized spacial score (nSPS) is 24.9. The molecule has 1 rings (SSSR count). The summed E-state index contributed by atoms with van der Waals surface area (Å²) < 4.78 is 5.47. The molecule has 106 valence electrons. The lowest BCUT2D eigenvalue weighted by Gasteiger charge is -2.29. The monoisotopic (exact) mass is 256 g/mol. The second kappa shape index (κ2) is 7.10. The van der Waals surface area contributed by atoms with Crippen LogP contribution in [0.25, 0.3) is 0 Å². The van der Waals surface area contributed by atoms with Crippen molar-refractivity contribution in [1.29, 1.82) is 0 Å². The van der Waals surface area contributed by atoms with Crippen molar-refractivity contribution in [1.82, 2.24) is 5.32 Å². The van der Waals surface area contributed by atoms with Crippen LogP contribution in [0.1, 0.15) is 52.9 Å². The van der Waals surface area contributed by atoms with Crippen LogP contribution in [0.5, 0.6) is 0 Å². The lowest BCUT2D eigenvalue weighted by molar-refractivity contribution is -0.123. The van der Waals surface area contributed by atoms with Gasteiger partial charge in [-0.3, -0.25) is 4.79 Å². The number of nitrogens with one attached hydrogen (secondary N) is 1. The van der Waals surface area contributed by atoms with Crippen LogP contribution in [-0.4, -0.2) is 31.2 Å². The van der Waals surface area contributed by atoms with Crippen molar-refractivity contribution in [2.45, 2.75) is 65.0 Å². The predicted octanol–water partition coefficient (Wildman–Crippen LogP) is 1.83. The molecule has 0 saturated carbocycles. The first-order valence-corrected chi connectivity index (χ1v) is 7.04. The van der Waals surface area contributed by atoms with E-state index in [1.54, 1.807) is 0 Å². The van der Waals surface area contributed by atoms with Crippen LogP contribution in [0.4, 0.5) is 0 Å². The number of hydrogen-bond acceptors (Lipinski definition) is 3. The molecule has 1 fully saturated rings. The van der Waals surface area contributed by atoms with Crippen LogP contribution in [0.2, 0.25) is 0 Å². The van der Waals surface area contributed by atoms with Crippen LogP contribution in [-0.2, 0) is 9.53 Å². The van der Waals surface area contributed by atoms with Gasteiger partial charge in [-0.1, -0.05) is 13.8 Å². The molecule has 1 amide bonds. The number of amides is 1. The number of rotatable bonds is 6. The average molecular weight is 256 g/mol. The Bertz CT molecular complexity index is 267. The second-order valence-corrected chi connectivity index (χ2v) is 6.17. The summed E-state index contributed by atoms with van der Waals surface area (Å²) in [5.41, 5.74) is 5.73. The molecule has 4 nitrogen and oxygen atoms in total. The summed E-state index contributed by atoms with van der Waals surface area (Å²) in [6.45, 7) is 7.84. The highest BCUT2D eigenvalue weighted by Gasteiger charge is 2.22. The number of ether oxygens (including phenoxy) is 1. The molecule has 0 aliphatic carbocycles. The minimum absolute atomic E-state index is 0.162. The van der Waals surface area contributed by atoms with E-state index >= 15 is 0 Å². The third-order valence-electron chi connectivity index (χ3n) is 3.70. The van der Waals surface area contributed by atoms with Crippen molar-refractivity contribution in [3.8, 4) is 0 Å². The Hall–Kier alpha value is -0.610. The van der Waals surface area contributed by atoms with E-state index in [2.05, 4.69) is 26.1 Å². The molecule has 0 aromatic carbocycles. The van der Waals surface area contributed by atoms with Crippen LogP contribution < -0.4 is 11.1 Å². The molecule has 2 unspecified atom stereocenters. The number of carbonyl (C=O) groups excluding carboxylic acids is 1. The fraction of sp³-hybridized carbons (Fsp3) is 0.929. The second-order valence-electron chi connectivity index (χ2n) is 6.17. The average Bonchev–Trinajstić information content (AvgIpc) is 2.26. The van der Waals surface area contributed by atoms with Crippen molar-refractivity contribution < 1.29 is 9.53 Å². The van der Waals surface area contributed by atoms with E-state index in [1.165, 1.54) is 0 Å². The molecule has 1 aliphatic rings. The van der Waals surface area contributed by atoms with Gasteiger partial charge in [-0.2, -0.15) is 0 Å². The van der Waals surface area contributed by atoms with Gasteiger partial charge in [0.2, 0.25) is 5.91 Å². The van der Waals surface area contributed by atoms with Crippen LogP contribution >= 0.6 is 0 Å². The summed E-state index contributed by atoms with van der Waals surface area (Å²) in [5.74, 6) is 0.166. The summed E-state index contributed by atoms with van der Waals surface area (Å²) in [6.07, 6.45) is 4.58. The molecule has 0 spiro atoms. The molecule has 1 heterocycles. The van der Waals surface area contributed by atoms with Gasteiger partial charge < -0.3 is 15.8 Å². The van der Waals surface area contributed by atoms with Crippen molar-refractivity contribution in [2.24, 2.45) is 11.1 Å². The van der Waals surface area contributed by atoms with Gasteiger partial charge in [0.25, 0.3) is 0 Å². The summed E-state index contributed by atoms with van der Waals surface area (Å²) in [6, 6.07) is 0.291. The Kier molecular flexibility index (Phi) is 6.09. The highest BCUT2D eigenvalue weighted by molar-refractivity contribution is 5.76. The predicted molar refractivity (Wildman–Crippen MR) is 73.3 cm³/mol. The van der Waals surface area contributed by atoms with Gasteiger partial charge in [-0.15, -0.1) is 0 Å². The zero-order chi connectivity index (χ0) is 13.6. The Morgan fingerprint density at radius 3 is 2.78 bits per heavy atom. The Labute approximate surface area is 111 Å². The van der Waals surface area contributed by atoms with E-state index in [9.17, 15) is 4.79 Å². The maximum absolute atomic E-state index is 11.9. The number of nitrogens with two attached hydrogens (primary N) is 1. The van der Waals surface area contributed by atoms with Gasteiger partial charge in [-0.25, -0.2) is 0 Å². The van der Waals surface area contributed by atoms with E-state index in [1.807, 2.05) is 0 Å². The highest BCUT2D eigenvalue weighted by Crippen LogP contribution is 2.25. The van der Waals surface area contributed by atoms with Gasteiger partial charge in [0, 0.05) is 19.1 Å². The van der Waals surface area contributed by atoms with E-state index in [-0.39, 0.29) is 17.4 Å². The van der Waals surface area contributed by atoms with Crippen molar-refractivity contribution in [3.63, 3.8) is 0 Å². The van der Waals surface area contributed by atoms with Crippen LogP contribution in [0, 0.1) is 5.41 Å². The van der Waals surface area contributed by atoms with E-state index in [0.29, 0.717) is 19.0 Å². The first-order valence-electron chi connectivity index (χ1n) is 7.04.